The van der Waals surface area contributed by atoms with E-state index in [4.69, 9.17) is 11.6 Å². The van der Waals surface area contributed by atoms with E-state index in [-0.39, 0.29) is 0 Å². The molecule has 3 heteroatoms. The van der Waals surface area contributed by atoms with E-state index in [0.29, 0.717) is 0 Å². The first-order valence-corrected chi connectivity index (χ1v) is 7.89. The quantitative estimate of drug-likeness (QED) is 0.756. The second kappa shape index (κ2) is 6.40. The SMILES string of the molecule is CC(C)C1CCN(Cc2ccc(Br)cc2Cl)CC1. The molecule has 0 unspecified atom stereocenters. The first kappa shape index (κ1) is 14.4. The third-order valence-electron chi connectivity index (χ3n) is 3.98. The standard InChI is InChI=1S/C15H21BrClN/c1-11(2)12-5-7-18(8-6-12)10-13-3-4-14(16)9-15(13)17/h3-4,9,11-12H,5-8,10H2,1-2H3. The van der Waals surface area contributed by atoms with E-state index < -0.39 is 0 Å². The third kappa shape index (κ3) is 3.72. The molecular formula is C15H21BrClN. The first-order valence-electron chi connectivity index (χ1n) is 6.72. The Morgan fingerprint density at radius 2 is 2.00 bits per heavy atom. The van der Waals surface area contributed by atoms with Gasteiger partial charge in [0.15, 0.2) is 0 Å². The highest BCUT2D eigenvalue weighted by molar-refractivity contribution is 9.10. The van der Waals surface area contributed by atoms with Gasteiger partial charge in [0.1, 0.15) is 0 Å². The average Bonchev–Trinajstić information content (AvgIpc) is 2.33. The molecule has 1 saturated heterocycles. The molecule has 0 spiro atoms. The van der Waals surface area contributed by atoms with Gasteiger partial charge in [-0.25, -0.2) is 0 Å². The highest BCUT2D eigenvalue weighted by Crippen LogP contribution is 2.27. The van der Waals surface area contributed by atoms with Crippen LogP contribution in [-0.4, -0.2) is 18.0 Å². The molecule has 1 fully saturated rings. The molecule has 0 radical (unpaired) electrons. The van der Waals surface area contributed by atoms with Crippen LogP contribution < -0.4 is 0 Å². The molecule has 0 amide bonds. The largest absolute Gasteiger partial charge is 0.299 e. The van der Waals surface area contributed by atoms with Crippen LogP contribution in [0.2, 0.25) is 5.02 Å². The summed E-state index contributed by atoms with van der Waals surface area (Å²) >= 11 is 9.72. The molecular weight excluding hydrogens is 310 g/mol. The van der Waals surface area contributed by atoms with Crippen LogP contribution in [0.5, 0.6) is 0 Å². The predicted octanol–water partition coefficient (Wildman–Crippen LogP) is 4.97. The molecule has 1 heterocycles. The summed E-state index contributed by atoms with van der Waals surface area (Å²) in [4.78, 5) is 2.52. The molecule has 1 nitrogen and oxygen atoms in total. The molecule has 100 valence electrons. The van der Waals surface area contributed by atoms with E-state index in [1.54, 1.807) is 0 Å². The summed E-state index contributed by atoms with van der Waals surface area (Å²) in [6.07, 6.45) is 2.65. The smallest absolute Gasteiger partial charge is 0.0462 e. The van der Waals surface area contributed by atoms with E-state index in [2.05, 4.69) is 46.8 Å². The zero-order valence-electron chi connectivity index (χ0n) is 11.1. The van der Waals surface area contributed by atoms with Crippen LogP contribution in [0.3, 0.4) is 0 Å². The lowest BCUT2D eigenvalue weighted by molar-refractivity contribution is 0.152. The lowest BCUT2D eigenvalue weighted by atomic mass is 9.86. The maximum Gasteiger partial charge on any atom is 0.0462 e. The molecule has 18 heavy (non-hydrogen) atoms. The summed E-state index contributed by atoms with van der Waals surface area (Å²) in [6.45, 7) is 8.07. The van der Waals surface area contributed by atoms with Crippen molar-refractivity contribution in [1.29, 1.82) is 0 Å². The summed E-state index contributed by atoms with van der Waals surface area (Å²) in [5.74, 6) is 1.73. The van der Waals surface area contributed by atoms with Crippen molar-refractivity contribution >= 4 is 27.5 Å². The Morgan fingerprint density at radius 1 is 1.33 bits per heavy atom. The van der Waals surface area contributed by atoms with E-state index in [1.165, 1.54) is 31.5 Å². The summed E-state index contributed by atoms with van der Waals surface area (Å²) < 4.78 is 1.05. The van der Waals surface area contributed by atoms with Crippen molar-refractivity contribution < 1.29 is 0 Å². The Balaban J connectivity index is 1.91. The van der Waals surface area contributed by atoms with E-state index >= 15 is 0 Å². The highest BCUT2D eigenvalue weighted by atomic mass is 79.9. The van der Waals surface area contributed by atoms with E-state index in [1.807, 2.05) is 6.07 Å². The van der Waals surface area contributed by atoms with Gasteiger partial charge in [0, 0.05) is 16.0 Å². The highest BCUT2D eigenvalue weighted by Gasteiger charge is 2.21. The van der Waals surface area contributed by atoms with Crippen molar-refractivity contribution in [3.05, 3.63) is 33.3 Å². The van der Waals surface area contributed by atoms with Crippen LogP contribution in [-0.2, 0) is 6.54 Å². The van der Waals surface area contributed by atoms with Crippen LogP contribution >= 0.6 is 27.5 Å². The van der Waals surface area contributed by atoms with E-state index in [0.717, 1.165) is 27.9 Å². The maximum absolute atomic E-state index is 6.27. The van der Waals surface area contributed by atoms with Crippen LogP contribution in [0.1, 0.15) is 32.3 Å². The molecule has 1 aromatic rings. The average molecular weight is 331 g/mol. The Bertz CT molecular complexity index is 397. The number of likely N-dealkylation sites (tertiary alicyclic amines) is 1. The lowest BCUT2D eigenvalue weighted by Crippen LogP contribution is -2.34. The molecule has 0 aliphatic carbocycles. The van der Waals surface area contributed by atoms with Crippen LogP contribution in [0.4, 0.5) is 0 Å². The van der Waals surface area contributed by atoms with Gasteiger partial charge >= 0.3 is 0 Å². The monoisotopic (exact) mass is 329 g/mol. The van der Waals surface area contributed by atoms with Crippen LogP contribution in [0, 0.1) is 11.8 Å². The normalized spacial score (nSPS) is 18.5. The summed E-state index contributed by atoms with van der Waals surface area (Å²) in [5.41, 5.74) is 1.24. The van der Waals surface area contributed by atoms with Gasteiger partial charge in [-0.2, -0.15) is 0 Å². The van der Waals surface area contributed by atoms with Gasteiger partial charge < -0.3 is 0 Å². The van der Waals surface area contributed by atoms with Gasteiger partial charge in [0.2, 0.25) is 0 Å². The minimum atomic E-state index is 0.823. The van der Waals surface area contributed by atoms with E-state index in [9.17, 15) is 0 Å². The Morgan fingerprint density at radius 3 is 2.56 bits per heavy atom. The number of hydrogen-bond acceptors (Lipinski definition) is 1. The lowest BCUT2D eigenvalue weighted by Gasteiger charge is -2.34. The number of piperidine rings is 1. The molecule has 0 saturated carbocycles. The molecule has 0 N–H and O–H groups in total. The summed E-state index contributed by atoms with van der Waals surface area (Å²) in [6, 6.07) is 6.18. The van der Waals surface area contributed by atoms with Crippen molar-refractivity contribution in [3.63, 3.8) is 0 Å². The Labute approximate surface area is 124 Å². The Kier molecular flexibility index (Phi) is 5.11. The zero-order chi connectivity index (χ0) is 13.1. The van der Waals surface area contributed by atoms with Gasteiger partial charge in [-0.05, 0) is 55.5 Å². The molecule has 0 bridgehead atoms. The number of nitrogens with zero attached hydrogens (tertiary/aromatic N) is 1. The van der Waals surface area contributed by atoms with Gasteiger partial charge in [-0.3, -0.25) is 4.90 Å². The van der Waals surface area contributed by atoms with Gasteiger partial charge in [-0.1, -0.05) is 47.4 Å². The van der Waals surface area contributed by atoms with Crippen molar-refractivity contribution in [2.75, 3.05) is 13.1 Å². The maximum atomic E-state index is 6.27. The van der Waals surface area contributed by atoms with Crippen molar-refractivity contribution in [3.8, 4) is 0 Å². The number of hydrogen-bond donors (Lipinski definition) is 0. The molecule has 0 atom stereocenters. The zero-order valence-corrected chi connectivity index (χ0v) is 13.5. The van der Waals surface area contributed by atoms with Crippen molar-refractivity contribution in [2.24, 2.45) is 11.8 Å². The van der Waals surface area contributed by atoms with Gasteiger partial charge in [-0.15, -0.1) is 0 Å². The van der Waals surface area contributed by atoms with Gasteiger partial charge in [0.05, 0.1) is 0 Å². The number of halogens is 2. The van der Waals surface area contributed by atoms with Gasteiger partial charge in [0.25, 0.3) is 0 Å². The van der Waals surface area contributed by atoms with Crippen molar-refractivity contribution in [2.45, 2.75) is 33.2 Å². The predicted molar refractivity (Wildman–Crippen MR) is 82.0 cm³/mol. The fourth-order valence-electron chi connectivity index (χ4n) is 2.67. The second-order valence-corrected chi connectivity index (χ2v) is 6.92. The first-order chi connectivity index (χ1) is 8.56. The van der Waals surface area contributed by atoms with Crippen LogP contribution in [0.15, 0.2) is 22.7 Å². The number of benzene rings is 1. The minimum Gasteiger partial charge on any atom is -0.299 e. The number of rotatable bonds is 3. The molecule has 0 aromatic heterocycles. The van der Waals surface area contributed by atoms with Crippen molar-refractivity contribution in [1.82, 2.24) is 4.90 Å². The summed E-state index contributed by atoms with van der Waals surface area (Å²) in [5, 5.41) is 0.871. The minimum absolute atomic E-state index is 0.823. The molecule has 2 rings (SSSR count). The summed E-state index contributed by atoms with van der Waals surface area (Å²) in [7, 11) is 0. The fourth-order valence-corrected chi connectivity index (χ4v) is 3.40. The second-order valence-electron chi connectivity index (χ2n) is 5.59. The van der Waals surface area contributed by atoms with Crippen LogP contribution in [0.25, 0.3) is 0 Å². The molecule has 1 aliphatic heterocycles. The topological polar surface area (TPSA) is 3.24 Å². The third-order valence-corrected chi connectivity index (χ3v) is 4.83. The molecule has 1 aromatic carbocycles. The Hall–Kier alpha value is -0.0500. The fraction of sp³-hybridized carbons (Fsp3) is 0.600. The molecule has 1 aliphatic rings.